The zero-order valence-electron chi connectivity index (χ0n) is 32.7. The van der Waals surface area contributed by atoms with Gasteiger partial charge in [-0.15, -0.1) is 0 Å². The molecule has 6 aromatic rings. The summed E-state index contributed by atoms with van der Waals surface area (Å²) in [6, 6.07) is 15.1. The molecule has 2 atom stereocenters. The third kappa shape index (κ3) is 3.55. The van der Waals surface area contributed by atoms with Crippen molar-refractivity contribution >= 4 is 43.9 Å². The molecule has 3 heteroatoms. The Morgan fingerprint density at radius 1 is 0.704 bits per heavy atom. The van der Waals surface area contributed by atoms with Crippen LogP contribution in [0.25, 0.3) is 49.2 Å². The molecule has 0 amide bonds. The second-order valence-electron chi connectivity index (χ2n) is 21.1. The maximum atomic E-state index is 14.7. The highest BCUT2D eigenvalue weighted by molar-refractivity contribution is 6.29. The molecule has 0 radical (unpaired) electrons. The third-order valence-electron chi connectivity index (χ3n) is 17.1. The Morgan fingerprint density at radius 2 is 1.33 bits per heavy atom. The number of carbonyl (C=O) groups excluding carboxylic acids is 1. The molecule has 3 fully saturated rings. The SMILES string of the molecule is CC12CCC(C)(CC1)c1cc3c4c5c6c(c7c8c9c(c(C#N)cc8n(c3cc1C2=O)c47)C1CC2CC(C1)CC9C2)CCc1cc(C(C)(C)C)cc(c1-6)CC5. The number of aryl methyl sites for hydroxylation is 4. The second-order valence-corrected chi connectivity index (χ2v) is 21.1. The van der Waals surface area contributed by atoms with E-state index < -0.39 is 0 Å². The van der Waals surface area contributed by atoms with Crippen molar-refractivity contribution in [1.29, 1.82) is 5.26 Å². The summed E-state index contributed by atoms with van der Waals surface area (Å²) in [6.45, 7) is 11.8. The fraction of sp³-hybridized carbons (Fsp3) is 0.490. The van der Waals surface area contributed by atoms with Gasteiger partial charge in [-0.3, -0.25) is 4.79 Å². The maximum absolute atomic E-state index is 14.7. The van der Waals surface area contributed by atoms with Crippen molar-refractivity contribution < 1.29 is 4.79 Å². The van der Waals surface area contributed by atoms with Gasteiger partial charge in [0.15, 0.2) is 5.78 Å². The van der Waals surface area contributed by atoms with Crippen molar-refractivity contribution in [3.63, 3.8) is 0 Å². The lowest BCUT2D eigenvalue weighted by molar-refractivity contribution is 0.0732. The summed E-state index contributed by atoms with van der Waals surface area (Å²) in [4.78, 5) is 14.7. The highest BCUT2D eigenvalue weighted by atomic mass is 16.1. The molecule has 9 aliphatic carbocycles. The Hall–Kier alpha value is -4.16. The van der Waals surface area contributed by atoms with E-state index in [1.807, 2.05) is 0 Å². The van der Waals surface area contributed by atoms with Crippen LogP contribution in [0.15, 0.2) is 30.3 Å². The van der Waals surface area contributed by atoms with Gasteiger partial charge in [-0.2, -0.15) is 5.26 Å². The number of aromatic nitrogens is 1. The van der Waals surface area contributed by atoms with Crippen LogP contribution in [0.3, 0.4) is 0 Å². The average Bonchev–Trinajstić information content (AvgIpc) is 3.55. The summed E-state index contributed by atoms with van der Waals surface area (Å²) in [5.41, 5.74) is 20.6. The first-order valence-electron chi connectivity index (χ1n) is 21.5. The van der Waals surface area contributed by atoms with Crippen molar-refractivity contribution in [3.05, 3.63) is 86.0 Å². The minimum absolute atomic E-state index is 0.0205. The van der Waals surface area contributed by atoms with Gasteiger partial charge >= 0.3 is 0 Å². The number of fused-ring (bicyclic) bond motifs is 10. The molecule has 2 aromatic heterocycles. The first-order chi connectivity index (χ1) is 25.9. The molecule has 0 saturated heterocycles. The van der Waals surface area contributed by atoms with Crippen LogP contribution < -0.4 is 0 Å². The van der Waals surface area contributed by atoms with E-state index in [2.05, 4.69) is 75.4 Å². The lowest BCUT2D eigenvalue weighted by Gasteiger charge is -2.38. The quantitative estimate of drug-likeness (QED) is 0.158. The third-order valence-corrected chi connectivity index (χ3v) is 17.1. The molecule has 15 rings (SSSR count). The van der Waals surface area contributed by atoms with Gasteiger partial charge in [0.05, 0.1) is 28.2 Å². The molecular weight excluding hydrogens is 657 g/mol. The van der Waals surface area contributed by atoms with Crippen LogP contribution >= 0.6 is 0 Å². The predicted octanol–water partition coefficient (Wildman–Crippen LogP) is 12.3. The Balaban J connectivity index is 1.25. The van der Waals surface area contributed by atoms with Crippen LogP contribution in [0, 0.1) is 28.6 Å². The molecular formula is C51H50N2O. The highest BCUT2D eigenvalue weighted by Crippen LogP contribution is 2.62. The van der Waals surface area contributed by atoms with Crippen LogP contribution in [-0.2, 0) is 36.5 Å². The summed E-state index contributed by atoms with van der Waals surface area (Å²) in [5, 5.41) is 16.8. The molecule has 0 aliphatic heterocycles. The van der Waals surface area contributed by atoms with Crippen LogP contribution in [0.4, 0.5) is 0 Å². The number of carbonyl (C=O) groups is 1. The monoisotopic (exact) mass is 706 g/mol. The van der Waals surface area contributed by atoms with E-state index in [9.17, 15) is 10.1 Å². The first-order valence-corrected chi connectivity index (χ1v) is 21.5. The van der Waals surface area contributed by atoms with Crippen LogP contribution in [-0.4, -0.2) is 10.2 Å². The van der Waals surface area contributed by atoms with Crippen molar-refractivity contribution in [2.24, 2.45) is 17.3 Å². The number of hydrogen-bond acceptors (Lipinski definition) is 2. The van der Waals surface area contributed by atoms with E-state index in [1.54, 1.807) is 38.9 Å². The Bertz CT molecular complexity index is 2790. The van der Waals surface area contributed by atoms with Crippen molar-refractivity contribution in [3.8, 4) is 17.2 Å². The number of Topliss-reactive ketones (excluding diaryl/α,β-unsaturated/α-hetero) is 1. The maximum Gasteiger partial charge on any atom is 0.169 e. The van der Waals surface area contributed by atoms with Gasteiger partial charge in [0.25, 0.3) is 0 Å². The summed E-state index contributed by atoms with van der Waals surface area (Å²) < 4.78 is 2.60. The van der Waals surface area contributed by atoms with E-state index in [-0.39, 0.29) is 16.2 Å². The molecule has 54 heavy (non-hydrogen) atoms. The lowest BCUT2D eigenvalue weighted by Crippen LogP contribution is -2.33. The largest absolute Gasteiger partial charge is 0.308 e. The van der Waals surface area contributed by atoms with Crippen LogP contribution in [0.1, 0.15) is 165 Å². The van der Waals surface area contributed by atoms with Gasteiger partial charge in [-0.1, -0.05) is 46.8 Å². The Morgan fingerprint density at radius 3 is 1.98 bits per heavy atom. The highest BCUT2D eigenvalue weighted by Gasteiger charge is 2.50. The molecule has 2 heterocycles. The lowest BCUT2D eigenvalue weighted by atomic mass is 9.65. The predicted molar refractivity (Wildman–Crippen MR) is 219 cm³/mol. The van der Waals surface area contributed by atoms with Gasteiger partial charge in [0, 0.05) is 32.5 Å². The minimum atomic E-state index is -0.279. The Kier molecular flexibility index (Phi) is 5.53. The van der Waals surface area contributed by atoms with E-state index in [4.69, 9.17) is 0 Å². The van der Waals surface area contributed by atoms with E-state index >= 15 is 0 Å². The molecule has 270 valence electrons. The Labute approximate surface area is 318 Å². The van der Waals surface area contributed by atoms with Gasteiger partial charge < -0.3 is 4.40 Å². The van der Waals surface area contributed by atoms with Gasteiger partial charge in [-0.25, -0.2) is 0 Å². The van der Waals surface area contributed by atoms with E-state index in [1.165, 1.54) is 86.9 Å². The molecule has 0 spiro atoms. The molecule has 6 bridgehead atoms. The van der Waals surface area contributed by atoms with Crippen LogP contribution in [0.2, 0.25) is 0 Å². The molecule has 9 aliphatic rings. The minimum Gasteiger partial charge on any atom is -0.308 e. The van der Waals surface area contributed by atoms with Gasteiger partial charge in [-0.05, 0) is 192 Å². The normalized spacial score (nSPS) is 30.3. The van der Waals surface area contributed by atoms with Crippen molar-refractivity contribution in [2.75, 3.05) is 0 Å². The fourth-order valence-electron chi connectivity index (χ4n) is 14.5. The molecule has 3 nitrogen and oxygen atoms in total. The fourth-order valence-corrected chi connectivity index (χ4v) is 14.5. The van der Waals surface area contributed by atoms with Gasteiger partial charge in [0.1, 0.15) is 0 Å². The first kappa shape index (κ1) is 31.1. The summed E-state index contributed by atoms with van der Waals surface area (Å²) in [6.07, 6.45) is 14.9. The molecule has 0 N–H and O–H groups in total. The zero-order chi connectivity index (χ0) is 36.4. The standard InChI is InChI=1S/C51H50N2O/c1-49(2,3)32-19-27-6-8-33-43-34(9-7-28(20-32)40(27)43)45-46-39(21-31(24-52)41-29-15-25-14-26(16-29)18-30(17-25)42(41)46)53-38-23-35-37(22-36(38)44(33)47(45)53)50(4)10-12-51(5,13-11-50)48(35)54/h19-23,25-26,29-30H,6-18H2,1-5H3. The van der Waals surface area contributed by atoms with Crippen LogP contribution in [0.5, 0.6) is 0 Å². The number of hydrogen-bond donors (Lipinski definition) is 0. The molecule has 4 aromatic carbocycles. The van der Waals surface area contributed by atoms with E-state index in [0.717, 1.165) is 74.3 Å². The number of ketones is 1. The smallest absolute Gasteiger partial charge is 0.169 e. The van der Waals surface area contributed by atoms with Crippen molar-refractivity contribution in [2.45, 2.75) is 141 Å². The summed E-state index contributed by atoms with van der Waals surface area (Å²) >= 11 is 0. The molecule has 2 unspecified atom stereocenters. The second kappa shape index (κ2) is 9.61. The van der Waals surface area contributed by atoms with Crippen molar-refractivity contribution in [1.82, 2.24) is 4.40 Å². The average molecular weight is 707 g/mol. The number of nitrogens with zero attached hydrogens (tertiary/aromatic N) is 2. The number of benzene rings is 4. The van der Waals surface area contributed by atoms with Gasteiger partial charge in [0.2, 0.25) is 0 Å². The molecule has 3 saturated carbocycles. The number of nitriles is 1. The van der Waals surface area contributed by atoms with E-state index in [0.29, 0.717) is 17.6 Å². The topological polar surface area (TPSA) is 45.3 Å². The zero-order valence-corrected chi connectivity index (χ0v) is 32.7. The summed E-state index contributed by atoms with van der Waals surface area (Å²) in [7, 11) is 0. The summed E-state index contributed by atoms with van der Waals surface area (Å²) in [5.74, 6) is 2.97. The number of rotatable bonds is 0.